The quantitative estimate of drug-likeness (QED) is 0.631. The van der Waals surface area contributed by atoms with Crippen LogP contribution < -0.4 is 5.32 Å². The summed E-state index contributed by atoms with van der Waals surface area (Å²) in [5.41, 5.74) is 0.606. The predicted molar refractivity (Wildman–Crippen MR) is 84.2 cm³/mol. The molecule has 8 nitrogen and oxygen atoms in total. The van der Waals surface area contributed by atoms with E-state index in [9.17, 15) is 10.1 Å². The van der Waals surface area contributed by atoms with Gasteiger partial charge in [0.05, 0.1) is 18.1 Å². The van der Waals surface area contributed by atoms with E-state index < -0.39 is 0 Å². The Kier molecular flexibility index (Phi) is 5.36. The maximum Gasteiger partial charge on any atom is 0.333 e. The fraction of sp³-hybridized carbons (Fsp3) is 0.786. The Hall–Kier alpha value is -1.67. The summed E-state index contributed by atoms with van der Waals surface area (Å²) < 4.78 is 7.01. The highest BCUT2D eigenvalue weighted by molar-refractivity contribution is 5.59. The van der Waals surface area contributed by atoms with Crippen LogP contribution in [0.15, 0.2) is 0 Å². The smallest absolute Gasteiger partial charge is 0.333 e. The Labute approximate surface area is 130 Å². The molecule has 0 saturated carbocycles. The molecule has 8 heteroatoms. The van der Waals surface area contributed by atoms with Gasteiger partial charge >= 0.3 is 5.69 Å². The summed E-state index contributed by atoms with van der Waals surface area (Å²) in [5, 5.41) is 18.7. The zero-order chi connectivity index (χ0) is 16.3. The fourth-order valence-corrected chi connectivity index (χ4v) is 2.95. The number of hydrogen-bond acceptors (Lipinski definition) is 6. The molecule has 0 spiro atoms. The molecule has 2 rings (SSSR count). The zero-order valence-corrected chi connectivity index (χ0v) is 13.7. The third-order valence-electron chi connectivity index (χ3n) is 4.16. The van der Waals surface area contributed by atoms with Crippen molar-refractivity contribution < 1.29 is 9.66 Å². The first-order valence-electron chi connectivity index (χ1n) is 7.73. The van der Waals surface area contributed by atoms with E-state index in [-0.39, 0.29) is 16.7 Å². The van der Waals surface area contributed by atoms with E-state index in [2.05, 4.69) is 29.2 Å². The van der Waals surface area contributed by atoms with Gasteiger partial charge in [-0.1, -0.05) is 6.92 Å². The molecule has 0 radical (unpaired) electrons. The minimum Gasteiger partial charge on any atom is -0.379 e. The summed E-state index contributed by atoms with van der Waals surface area (Å²) in [6.45, 7) is 9.12. The molecule has 0 amide bonds. The zero-order valence-electron chi connectivity index (χ0n) is 13.7. The number of rotatable bonds is 6. The molecule has 1 aromatic rings. The molecule has 1 fully saturated rings. The number of anilines is 1. The number of hydrogen-bond donors (Lipinski definition) is 1. The lowest BCUT2D eigenvalue weighted by Crippen LogP contribution is -2.50. The largest absolute Gasteiger partial charge is 0.379 e. The van der Waals surface area contributed by atoms with Gasteiger partial charge < -0.3 is 10.1 Å². The number of aryl methyl sites for hydroxylation is 2. The number of nitro groups is 1. The number of aromatic nitrogens is 2. The van der Waals surface area contributed by atoms with Gasteiger partial charge in [0.2, 0.25) is 5.82 Å². The molecule has 1 aliphatic rings. The van der Waals surface area contributed by atoms with Gasteiger partial charge in [-0.25, -0.2) is 4.68 Å². The number of ether oxygens (including phenoxy) is 1. The molecule has 2 unspecified atom stereocenters. The van der Waals surface area contributed by atoms with Crippen LogP contribution in [0, 0.1) is 10.1 Å². The Morgan fingerprint density at radius 3 is 2.91 bits per heavy atom. The van der Waals surface area contributed by atoms with Crippen molar-refractivity contribution in [3.8, 4) is 0 Å². The molecule has 124 valence electrons. The van der Waals surface area contributed by atoms with Crippen LogP contribution in [0.5, 0.6) is 0 Å². The molecule has 22 heavy (non-hydrogen) atoms. The van der Waals surface area contributed by atoms with Gasteiger partial charge in [0.1, 0.15) is 5.69 Å². The summed E-state index contributed by atoms with van der Waals surface area (Å²) in [4.78, 5) is 13.3. The first kappa shape index (κ1) is 16.7. The van der Waals surface area contributed by atoms with Crippen molar-refractivity contribution in [1.82, 2.24) is 14.7 Å². The maximum atomic E-state index is 11.3. The SMILES string of the molecule is CCc1nn(C)c(NCC(C)N2CCOCC2C)c1[N+](=O)[O-]. The topological polar surface area (TPSA) is 85.5 Å². The van der Waals surface area contributed by atoms with Gasteiger partial charge in [-0.05, 0) is 20.3 Å². The molecular weight excluding hydrogens is 286 g/mol. The van der Waals surface area contributed by atoms with Crippen molar-refractivity contribution in [3.63, 3.8) is 0 Å². The minimum atomic E-state index is -0.351. The van der Waals surface area contributed by atoms with Crippen molar-refractivity contribution in [2.45, 2.75) is 39.3 Å². The Balaban J connectivity index is 2.07. The molecule has 0 bridgehead atoms. The first-order valence-corrected chi connectivity index (χ1v) is 7.73. The molecule has 0 aromatic carbocycles. The van der Waals surface area contributed by atoms with Crippen LogP contribution in [0.2, 0.25) is 0 Å². The second-order valence-electron chi connectivity index (χ2n) is 5.77. The average molecular weight is 311 g/mol. The summed E-state index contributed by atoms with van der Waals surface area (Å²) in [6.07, 6.45) is 0.544. The van der Waals surface area contributed by atoms with Gasteiger partial charge in [0, 0.05) is 32.2 Å². The van der Waals surface area contributed by atoms with Crippen molar-refractivity contribution in [1.29, 1.82) is 0 Å². The lowest BCUT2D eigenvalue weighted by atomic mass is 10.2. The van der Waals surface area contributed by atoms with E-state index in [0.717, 1.165) is 19.8 Å². The average Bonchev–Trinajstić information content (AvgIpc) is 2.81. The highest BCUT2D eigenvalue weighted by atomic mass is 16.6. The lowest BCUT2D eigenvalue weighted by molar-refractivity contribution is -0.384. The standard InChI is InChI=1S/C14H25N5O3/c1-5-12-13(19(20)21)14(17(4)16-12)15-8-10(2)18-6-7-22-9-11(18)3/h10-11,15H,5-9H2,1-4H3. The Bertz CT molecular complexity index is 531. The van der Waals surface area contributed by atoms with Crippen molar-refractivity contribution in [2.75, 3.05) is 31.6 Å². The lowest BCUT2D eigenvalue weighted by Gasteiger charge is -2.37. The summed E-state index contributed by atoms with van der Waals surface area (Å²) in [5.74, 6) is 0.481. The normalized spacial score (nSPS) is 20.8. The van der Waals surface area contributed by atoms with E-state index in [0.29, 0.717) is 30.5 Å². The monoisotopic (exact) mass is 311 g/mol. The van der Waals surface area contributed by atoms with Crippen LogP contribution >= 0.6 is 0 Å². The van der Waals surface area contributed by atoms with Crippen LogP contribution in [-0.4, -0.2) is 58.0 Å². The van der Waals surface area contributed by atoms with Crippen molar-refractivity contribution >= 4 is 11.5 Å². The van der Waals surface area contributed by atoms with Gasteiger partial charge in [-0.2, -0.15) is 5.10 Å². The summed E-state index contributed by atoms with van der Waals surface area (Å²) in [7, 11) is 1.73. The molecule has 1 aliphatic heterocycles. The molecule has 2 heterocycles. The predicted octanol–water partition coefficient (Wildman–Crippen LogP) is 1.41. The number of nitrogens with one attached hydrogen (secondary N) is 1. The Morgan fingerprint density at radius 1 is 1.59 bits per heavy atom. The fourth-order valence-electron chi connectivity index (χ4n) is 2.95. The molecule has 1 aromatic heterocycles. The van der Waals surface area contributed by atoms with Gasteiger partial charge in [-0.3, -0.25) is 15.0 Å². The third-order valence-corrected chi connectivity index (χ3v) is 4.16. The highest BCUT2D eigenvalue weighted by Crippen LogP contribution is 2.28. The van der Waals surface area contributed by atoms with Crippen molar-refractivity contribution in [2.24, 2.45) is 7.05 Å². The minimum absolute atomic E-state index is 0.0900. The summed E-state index contributed by atoms with van der Waals surface area (Å²) >= 11 is 0. The van der Waals surface area contributed by atoms with E-state index in [1.54, 1.807) is 11.7 Å². The van der Waals surface area contributed by atoms with Gasteiger partial charge in [0.15, 0.2) is 0 Å². The molecule has 1 saturated heterocycles. The third kappa shape index (κ3) is 3.38. The van der Waals surface area contributed by atoms with E-state index in [1.165, 1.54) is 0 Å². The molecule has 2 atom stereocenters. The summed E-state index contributed by atoms with van der Waals surface area (Å²) in [6, 6.07) is 0.622. The van der Waals surface area contributed by atoms with Gasteiger partial charge in [-0.15, -0.1) is 0 Å². The number of nitrogens with zero attached hydrogens (tertiary/aromatic N) is 4. The Morgan fingerprint density at radius 2 is 2.32 bits per heavy atom. The van der Waals surface area contributed by atoms with Gasteiger partial charge in [0.25, 0.3) is 0 Å². The number of morpholine rings is 1. The van der Waals surface area contributed by atoms with E-state index >= 15 is 0 Å². The van der Waals surface area contributed by atoms with E-state index in [1.807, 2.05) is 6.92 Å². The highest BCUT2D eigenvalue weighted by Gasteiger charge is 2.27. The second kappa shape index (κ2) is 7.06. The molecule has 1 N–H and O–H groups in total. The van der Waals surface area contributed by atoms with Crippen LogP contribution in [0.4, 0.5) is 11.5 Å². The van der Waals surface area contributed by atoms with Crippen LogP contribution in [0.3, 0.4) is 0 Å². The van der Waals surface area contributed by atoms with Crippen LogP contribution in [0.1, 0.15) is 26.5 Å². The molecular formula is C14H25N5O3. The second-order valence-corrected chi connectivity index (χ2v) is 5.77. The van der Waals surface area contributed by atoms with Crippen LogP contribution in [0.25, 0.3) is 0 Å². The van der Waals surface area contributed by atoms with Crippen LogP contribution in [-0.2, 0) is 18.2 Å². The van der Waals surface area contributed by atoms with Crippen molar-refractivity contribution in [3.05, 3.63) is 15.8 Å². The molecule has 0 aliphatic carbocycles. The maximum absolute atomic E-state index is 11.3. The first-order chi connectivity index (χ1) is 10.5. The van der Waals surface area contributed by atoms with E-state index in [4.69, 9.17) is 4.74 Å².